The molecular formula is C19H22N4O6S. The first kappa shape index (κ1) is 22.9. The monoisotopic (exact) mass is 434 g/mol. The number of hydrogen-bond acceptors (Lipinski definition) is 9. The second-order valence-electron chi connectivity index (χ2n) is 6.43. The van der Waals surface area contributed by atoms with Gasteiger partial charge in [-0.15, -0.1) is 0 Å². The van der Waals surface area contributed by atoms with E-state index in [1.165, 1.54) is 18.3 Å². The minimum Gasteiger partial charge on any atom is -0.460 e. The van der Waals surface area contributed by atoms with Crippen LogP contribution < -0.4 is 11.1 Å². The number of ketones is 1. The third kappa shape index (κ3) is 5.17. The van der Waals surface area contributed by atoms with E-state index in [0.717, 1.165) is 0 Å². The summed E-state index contributed by atoms with van der Waals surface area (Å²) in [5, 5.41) is 1.69. The lowest BCUT2D eigenvalue weighted by Gasteiger charge is -2.10. The second-order valence-corrected chi connectivity index (χ2v) is 8.94. The molecule has 1 amide bonds. The van der Waals surface area contributed by atoms with Crippen molar-refractivity contribution in [1.82, 2.24) is 15.3 Å². The first-order valence-electron chi connectivity index (χ1n) is 9.02. The maximum absolute atomic E-state index is 12.3. The Labute approximate surface area is 173 Å². The molecule has 1 aromatic heterocycles. The summed E-state index contributed by atoms with van der Waals surface area (Å²) in [6.45, 7) is 4.19. The average Bonchev–Trinajstić information content (AvgIpc) is 2.72. The molecule has 0 aliphatic rings. The normalized spacial score (nSPS) is 11.2. The summed E-state index contributed by atoms with van der Waals surface area (Å²) in [5.74, 6) is -2.94. The number of nitrogens with two attached hydrogens (primary N) is 1. The van der Waals surface area contributed by atoms with Gasteiger partial charge in [-0.2, -0.15) is 0 Å². The van der Waals surface area contributed by atoms with Gasteiger partial charge >= 0.3 is 5.97 Å². The Morgan fingerprint density at radius 3 is 2.37 bits per heavy atom. The fourth-order valence-corrected chi connectivity index (χ4v) is 3.38. The van der Waals surface area contributed by atoms with Crippen LogP contribution in [0.2, 0.25) is 0 Å². The summed E-state index contributed by atoms with van der Waals surface area (Å²) in [6, 6.07) is 5.98. The number of esters is 1. The molecule has 0 aliphatic carbocycles. The highest BCUT2D eigenvalue weighted by Gasteiger charge is 2.21. The molecule has 11 heteroatoms. The summed E-state index contributed by atoms with van der Waals surface area (Å²) < 4.78 is 29.0. The summed E-state index contributed by atoms with van der Waals surface area (Å²) in [4.78, 5) is 43.5. The number of anilines is 1. The second kappa shape index (κ2) is 9.44. The summed E-state index contributed by atoms with van der Waals surface area (Å²) in [5.41, 5.74) is 6.27. The SMILES string of the molecule is CCOC(=O)C(=O)CNC(=O)c1nc(-c2ccc(S(=O)(=O)C(C)C)cc2)cnc1N. The molecule has 160 valence electrons. The van der Waals surface area contributed by atoms with Crippen LogP contribution in [0.1, 0.15) is 31.3 Å². The molecule has 0 saturated carbocycles. The number of ether oxygens (including phenoxy) is 1. The Morgan fingerprint density at radius 1 is 1.17 bits per heavy atom. The van der Waals surface area contributed by atoms with Gasteiger partial charge in [0.15, 0.2) is 21.3 Å². The molecule has 1 aromatic carbocycles. The molecule has 10 nitrogen and oxygen atoms in total. The molecule has 0 spiro atoms. The van der Waals surface area contributed by atoms with Crippen molar-refractivity contribution in [3.8, 4) is 11.3 Å². The van der Waals surface area contributed by atoms with E-state index in [1.54, 1.807) is 32.9 Å². The minimum absolute atomic E-state index is 0.0379. The van der Waals surface area contributed by atoms with Crippen LogP contribution in [0.3, 0.4) is 0 Å². The van der Waals surface area contributed by atoms with Crippen LogP contribution in [0, 0.1) is 0 Å². The lowest BCUT2D eigenvalue weighted by molar-refractivity contribution is -0.153. The van der Waals surface area contributed by atoms with E-state index in [0.29, 0.717) is 5.56 Å². The van der Waals surface area contributed by atoms with Crippen LogP contribution in [0.5, 0.6) is 0 Å². The lowest BCUT2D eigenvalue weighted by Crippen LogP contribution is -2.35. The quantitative estimate of drug-likeness (QED) is 0.452. The number of carbonyl (C=O) groups excluding carboxylic acids is 3. The van der Waals surface area contributed by atoms with Crippen LogP contribution >= 0.6 is 0 Å². The van der Waals surface area contributed by atoms with Gasteiger partial charge in [0.05, 0.1) is 35.2 Å². The Balaban J connectivity index is 2.21. The Kier molecular flexibility index (Phi) is 7.22. The maximum Gasteiger partial charge on any atom is 0.376 e. The highest BCUT2D eigenvalue weighted by molar-refractivity contribution is 7.92. The molecule has 30 heavy (non-hydrogen) atoms. The van der Waals surface area contributed by atoms with Crippen LogP contribution in [-0.4, -0.2) is 54.4 Å². The summed E-state index contributed by atoms with van der Waals surface area (Å²) >= 11 is 0. The molecule has 2 aromatic rings. The molecule has 3 N–H and O–H groups in total. The minimum atomic E-state index is -3.42. The number of nitrogens with one attached hydrogen (secondary N) is 1. The Bertz CT molecular complexity index is 1060. The number of amides is 1. The van der Waals surface area contributed by atoms with Crippen molar-refractivity contribution < 1.29 is 27.5 Å². The van der Waals surface area contributed by atoms with Crippen molar-refractivity contribution >= 4 is 33.3 Å². The summed E-state index contributed by atoms with van der Waals surface area (Å²) in [6.07, 6.45) is 1.34. The molecule has 0 saturated heterocycles. The molecule has 0 bridgehead atoms. The number of carbonyl (C=O) groups is 3. The van der Waals surface area contributed by atoms with Gasteiger partial charge in [0.1, 0.15) is 0 Å². The van der Waals surface area contributed by atoms with E-state index in [4.69, 9.17) is 5.73 Å². The van der Waals surface area contributed by atoms with E-state index in [-0.39, 0.29) is 28.7 Å². The number of nitrogen functional groups attached to an aromatic ring is 1. The zero-order chi connectivity index (χ0) is 22.5. The average molecular weight is 434 g/mol. The van der Waals surface area contributed by atoms with Crippen molar-refractivity contribution in [1.29, 1.82) is 0 Å². The van der Waals surface area contributed by atoms with E-state index in [1.807, 2.05) is 0 Å². The van der Waals surface area contributed by atoms with Gasteiger partial charge in [-0.05, 0) is 32.9 Å². The zero-order valence-corrected chi connectivity index (χ0v) is 17.5. The molecule has 0 fully saturated rings. The predicted molar refractivity (Wildman–Crippen MR) is 108 cm³/mol. The molecule has 1 heterocycles. The zero-order valence-electron chi connectivity index (χ0n) is 16.7. The number of rotatable bonds is 8. The van der Waals surface area contributed by atoms with Crippen molar-refractivity contribution in [3.05, 3.63) is 36.2 Å². The topological polar surface area (TPSA) is 158 Å². The number of nitrogens with zero attached hydrogens (tertiary/aromatic N) is 2. The van der Waals surface area contributed by atoms with Gasteiger partial charge in [-0.3, -0.25) is 9.59 Å². The fourth-order valence-electron chi connectivity index (χ4n) is 2.32. The van der Waals surface area contributed by atoms with Crippen LogP contribution in [0.15, 0.2) is 35.4 Å². The third-order valence-corrected chi connectivity index (χ3v) is 6.20. The first-order valence-corrected chi connectivity index (χ1v) is 10.6. The number of sulfone groups is 1. The van der Waals surface area contributed by atoms with Gasteiger partial charge in [0.2, 0.25) is 0 Å². The molecule has 0 atom stereocenters. The predicted octanol–water partition coefficient (Wildman–Crippen LogP) is 0.770. The van der Waals surface area contributed by atoms with Crippen molar-refractivity contribution in [2.75, 3.05) is 18.9 Å². The molecular weight excluding hydrogens is 412 g/mol. The van der Waals surface area contributed by atoms with Gasteiger partial charge in [0.25, 0.3) is 11.7 Å². The van der Waals surface area contributed by atoms with E-state index < -0.39 is 39.3 Å². The standard InChI is InChI=1S/C19H22N4O6S/c1-4-29-19(26)15(24)10-22-18(25)16-17(20)21-9-14(23-16)12-5-7-13(8-6-12)30(27,28)11(2)3/h5-9,11H,4,10H2,1-3H3,(H2,20,21)(H,22,25). The van der Waals surface area contributed by atoms with E-state index in [2.05, 4.69) is 20.0 Å². The van der Waals surface area contributed by atoms with Gasteiger partial charge < -0.3 is 15.8 Å². The molecule has 0 aliphatic heterocycles. The number of Topliss-reactive ketones (excluding diaryl/α,β-unsaturated/α-hetero) is 1. The number of hydrogen-bond donors (Lipinski definition) is 2. The third-order valence-electron chi connectivity index (χ3n) is 4.03. The largest absolute Gasteiger partial charge is 0.460 e. The maximum atomic E-state index is 12.3. The van der Waals surface area contributed by atoms with E-state index in [9.17, 15) is 22.8 Å². The number of aromatic nitrogens is 2. The Hall–Kier alpha value is -3.34. The van der Waals surface area contributed by atoms with Gasteiger partial charge in [-0.1, -0.05) is 12.1 Å². The Morgan fingerprint density at radius 2 is 1.80 bits per heavy atom. The molecule has 0 unspecified atom stereocenters. The van der Waals surface area contributed by atoms with E-state index >= 15 is 0 Å². The van der Waals surface area contributed by atoms with Crippen molar-refractivity contribution in [2.45, 2.75) is 30.9 Å². The highest BCUT2D eigenvalue weighted by Crippen LogP contribution is 2.22. The number of benzene rings is 1. The van der Waals surface area contributed by atoms with Gasteiger partial charge in [0, 0.05) is 5.56 Å². The molecule has 2 rings (SSSR count). The highest BCUT2D eigenvalue weighted by atomic mass is 32.2. The smallest absolute Gasteiger partial charge is 0.376 e. The van der Waals surface area contributed by atoms with Crippen LogP contribution in [-0.2, 0) is 24.2 Å². The lowest BCUT2D eigenvalue weighted by atomic mass is 10.1. The van der Waals surface area contributed by atoms with Crippen molar-refractivity contribution in [2.24, 2.45) is 0 Å². The van der Waals surface area contributed by atoms with Crippen LogP contribution in [0.25, 0.3) is 11.3 Å². The first-order chi connectivity index (χ1) is 14.1. The van der Waals surface area contributed by atoms with Gasteiger partial charge in [-0.25, -0.2) is 23.2 Å². The van der Waals surface area contributed by atoms with Crippen LogP contribution in [0.4, 0.5) is 5.82 Å². The summed E-state index contributed by atoms with van der Waals surface area (Å²) in [7, 11) is -3.42. The fraction of sp³-hybridized carbons (Fsp3) is 0.316. The van der Waals surface area contributed by atoms with Crippen molar-refractivity contribution in [3.63, 3.8) is 0 Å². The molecule has 0 radical (unpaired) electrons.